The number of hydrogen-bond donors (Lipinski definition) is 3. The summed E-state index contributed by atoms with van der Waals surface area (Å²) in [5.41, 5.74) is 9.86. The quantitative estimate of drug-likeness (QED) is 0.0666. The van der Waals surface area contributed by atoms with Crippen LogP contribution in [0, 0.1) is 53.0 Å². The van der Waals surface area contributed by atoms with Gasteiger partial charge >= 0.3 is 17.9 Å². The Hall–Kier alpha value is -5.37. The van der Waals surface area contributed by atoms with Gasteiger partial charge in [-0.25, -0.2) is 0 Å². The second-order valence-electron chi connectivity index (χ2n) is 18.0. The van der Waals surface area contributed by atoms with Crippen molar-refractivity contribution in [3.05, 3.63) is 69.8 Å². The van der Waals surface area contributed by atoms with Gasteiger partial charge in [0, 0.05) is 184 Å². The van der Waals surface area contributed by atoms with E-state index < -0.39 is 361 Å². The zero-order valence-corrected chi connectivity index (χ0v) is 48.4. The minimum atomic E-state index is -5.12. The van der Waals surface area contributed by atoms with E-state index in [2.05, 4.69) is 0 Å². The van der Waals surface area contributed by atoms with Gasteiger partial charge in [0.1, 0.15) is 36.3 Å². The third-order valence-electron chi connectivity index (χ3n) is 11.8. The number of hydrogen-bond acceptors (Lipinski definition) is 18. The number of methoxy groups -OCH3 is 6. The van der Waals surface area contributed by atoms with Crippen LogP contribution in [-0.2, 0) is 47.7 Å². The van der Waals surface area contributed by atoms with Crippen LogP contribution < -0.4 is 45.6 Å². The van der Waals surface area contributed by atoms with Crippen LogP contribution in [0.15, 0.2) is 36.4 Å². The minimum Gasteiger partial charge on any atom is -0.493 e. The molecule has 0 spiro atoms. The van der Waals surface area contributed by atoms with Gasteiger partial charge in [0.2, 0.25) is 0 Å². The number of fused-ring (bicyclic) bond motifs is 9. The van der Waals surface area contributed by atoms with Gasteiger partial charge in [0.25, 0.3) is 0 Å². The fourth-order valence-electron chi connectivity index (χ4n) is 7.75. The highest BCUT2D eigenvalue weighted by Gasteiger charge is 2.45. The average Bonchev–Trinajstić information content (AvgIpc) is 0.632. The van der Waals surface area contributed by atoms with Crippen molar-refractivity contribution >= 4 is 17.9 Å². The van der Waals surface area contributed by atoms with Crippen molar-refractivity contribution in [1.29, 1.82) is 0 Å². The van der Waals surface area contributed by atoms with E-state index in [0.717, 1.165) is 35.5 Å². The van der Waals surface area contributed by atoms with E-state index in [4.69, 9.17) is 138 Å². The SMILES string of the molecule is [2H]C([2H])([2H])C([2H])(C)C([2H])([2H])C1([2H])C([2H])([2H])N2C([2H])([2H])C([2H])([2H])c3cc(OC)c(OC)cc3C2([2H])C([2H])([2H])C1([2H])OC(=O)[C@@]([2H])(N)C([2H])(C([2H])([2H])[2H])C([2H])([2H])[2H].[2H]C([2H])([2H])C([2H])(C)C([2H])([2H])C1([2H])C([2H])([2H])N2C([2H])([2H])C([2H])([2H])c3cc(OC)c(OC)cc3C2([2H])C([2H])([2H])C1([2H])OC(=O)[C@@]([2H])(N)C([2H])(C([2H])([2H])[2H])C([2H])([2H])[2H].[2H]C([2H])([2H])Oc1cc2c(cc1OC)C1([2H])N(C([2H])([2H])C2([2H])[2H])C([2H])([2H])C([2H])(C([2H])([2H])C([2H])(C)C([2H])([2H])[2H])C([2H])(OC(=O)[C@@]([2H])(N)C([2H])(C([2H])([2H])[2H])C([2H])([2H])[2H])C1([2H])[2H]. The van der Waals surface area contributed by atoms with Crippen LogP contribution in [0.25, 0.3) is 0 Å². The molecule has 12 unspecified atom stereocenters. The van der Waals surface area contributed by atoms with Crippen LogP contribution >= 0.6 is 0 Å². The summed E-state index contributed by atoms with van der Waals surface area (Å²) in [6, 6.07) is -22.7. The van der Waals surface area contributed by atoms with Gasteiger partial charge in [-0.2, -0.15) is 0 Å². The zero-order valence-electron chi connectivity index (χ0n) is 126. The molecule has 6 aliphatic rings. The predicted octanol–water partition coefficient (Wildman–Crippen LogP) is 10.7. The van der Waals surface area contributed by atoms with E-state index in [1.807, 2.05) is 0 Å². The number of nitrogens with two attached hydrogens (primary N) is 3. The van der Waals surface area contributed by atoms with Crippen molar-refractivity contribution in [3.63, 3.8) is 0 Å². The van der Waals surface area contributed by atoms with E-state index in [9.17, 15) is 43.2 Å². The second-order valence-corrected chi connectivity index (χ2v) is 18.0. The molecule has 3 saturated heterocycles. The minimum absolute atomic E-state index is 0.180. The van der Waals surface area contributed by atoms with E-state index in [1.54, 1.807) is 0 Å². The first-order chi connectivity index (χ1) is 72.7. The topological polar surface area (TPSA) is 222 Å². The summed E-state index contributed by atoms with van der Waals surface area (Å²) in [6.07, 6.45) is -54.5. The number of ether oxygens (including phenoxy) is 9. The van der Waals surface area contributed by atoms with Gasteiger partial charge in [-0.3, -0.25) is 29.1 Å². The summed E-state index contributed by atoms with van der Waals surface area (Å²) in [7, 11) is 1.54. The Labute approximate surface area is 649 Å². The van der Waals surface area contributed by atoms with Crippen LogP contribution in [0.4, 0.5) is 0 Å². The summed E-state index contributed by atoms with van der Waals surface area (Å²) < 4.78 is 710. The normalized spacial score (nSPS) is 57.0. The lowest BCUT2D eigenvalue weighted by atomic mass is 9.79. The molecule has 0 radical (unpaired) electrons. The number of nitrogens with zero attached hydrogens (tertiary/aromatic N) is 3. The van der Waals surface area contributed by atoms with Crippen molar-refractivity contribution in [2.24, 2.45) is 70.2 Å². The molecule has 0 bridgehead atoms. The summed E-state index contributed by atoms with van der Waals surface area (Å²) in [4.78, 5) is 39.9. The Morgan fingerprint density at radius 3 is 0.989 bits per heavy atom. The highest BCUT2D eigenvalue weighted by atomic mass is 16.6. The maximum atomic E-state index is 14.0. The first-order valence-corrected chi connectivity index (χ1v) is 25.1. The van der Waals surface area contributed by atoms with Gasteiger partial charge in [0.15, 0.2) is 34.5 Å². The lowest BCUT2D eigenvalue weighted by Crippen LogP contribution is -2.51. The number of rotatable bonds is 21. The molecule has 3 aromatic carbocycles. The third kappa shape index (κ3) is 17.5. The molecule has 6 aliphatic heterocycles. The molecular weight excluding hydrogens is 1140 g/mol. The number of carbonyl (C=O) groups is 3. The van der Waals surface area contributed by atoms with Crippen molar-refractivity contribution in [2.45, 2.75) is 194 Å². The number of carbonyl (C=O) groups excluding carboxylic acids is 3. The maximum Gasteiger partial charge on any atom is 0.323 e. The Morgan fingerprint density at radius 1 is 0.478 bits per heavy atom. The molecule has 504 valence electrons. The van der Waals surface area contributed by atoms with Crippen LogP contribution in [0.5, 0.6) is 34.5 Å². The molecule has 90 heavy (non-hydrogen) atoms. The first-order valence-electron chi connectivity index (χ1n) is 64.1. The summed E-state index contributed by atoms with van der Waals surface area (Å²) in [6.45, 7) is -63.9. The monoisotopic (exact) mass is 1330 g/mol. The first kappa shape index (κ1) is 20.8. The highest BCUT2D eigenvalue weighted by molar-refractivity contribution is 5.77. The van der Waals surface area contributed by atoms with Crippen LogP contribution in [0.2, 0.25) is 0 Å². The Balaban J connectivity index is 0.000000338. The van der Waals surface area contributed by atoms with Crippen LogP contribution in [0.3, 0.4) is 0 Å². The van der Waals surface area contributed by atoms with Crippen LogP contribution in [-0.4, -0.2) is 150 Å². The Morgan fingerprint density at radius 2 is 0.744 bits per heavy atom. The molecule has 18 heteroatoms. The molecule has 0 amide bonds. The van der Waals surface area contributed by atoms with Gasteiger partial charge in [0.05, 0.1) is 59.0 Å². The third-order valence-corrected chi connectivity index (χ3v) is 11.8. The highest BCUT2D eigenvalue weighted by Crippen LogP contribution is 2.48. The van der Waals surface area contributed by atoms with Gasteiger partial charge in [-0.15, -0.1) is 0 Å². The lowest BCUT2D eigenvalue weighted by molar-refractivity contribution is -0.161. The van der Waals surface area contributed by atoms with Crippen molar-refractivity contribution in [1.82, 2.24) is 14.7 Å². The number of benzene rings is 3. The Bertz CT molecular complexity index is 6160. The standard InChI is InChI=1S/3C24H38N2O4/c3*1-14(2)9-17-13-26-8-7-16-10-21(28-5)22(29-6)11-18(16)19(26)12-20(17)30-24(27)23(25)15(3)4/h3*10-11,14-15,17,19-20,23H,7-9,12-13,25H2,1-6H3/t3*17?,19?,20?,23-/m000/s1/i1D3,3D3,4D3,5D3,7D2,8D2,9D2,12D2,13D2,14D,15D,17D,19D,20D,23D;2*1D3,3D3,4D3,7D2,8D2,9D2,12D2,13D2,14D,15D,17D,19D,20D,23D/t3*14?,17?,19?,20?,23-. The average molecular weight is 1330 g/mol. The molecule has 6 N–H and O–H groups in total. The van der Waals surface area contributed by atoms with Gasteiger partial charge in [-0.1, -0.05) is 82.4 Å². The molecule has 6 heterocycles. The summed E-state index contributed by atoms with van der Waals surface area (Å²) in [5.74, 6) is -52.7. The van der Waals surface area contributed by atoms with Crippen molar-refractivity contribution in [2.75, 3.05) is 81.6 Å². The largest absolute Gasteiger partial charge is 0.493 e. The Kier molecular flexibility index (Phi) is 7.51. The molecule has 3 fully saturated rings. The van der Waals surface area contributed by atoms with E-state index in [0.29, 0.717) is 36.4 Å². The fourth-order valence-corrected chi connectivity index (χ4v) is 7.75. The smallest absolute Gasteiger partial charge is 0.323 e. The molecule has 0 aliphatic carbocycles. The van der Waals surface area contributed by atoms with E-state index in [1.165, 1.54) is 0 Å². The second kappa shape index (κ2) is 32.5. The molecular formula is C72H114N6O12. The number of aryl methyl sites for hydroxylation is 3. The number of piperidine rings is 3. The van der Waals surface area contributed by atoms with Gasteiger partial charge < -0.3 is 59.8 Å². The molecule has 9 rings (SSSR count). The fraction of sp³-hybridized carbons (Fsp3) is 0.708. The van der Waals surface area contributed by atoms with E-state index in [-0.39, 0.29) is 32.3 Å². The van der Waals surface area contributed by atoms with Gasteiger partial charge in [-0.05, 0) is 143 Å². The lowest BCUT2D eigenvalue weighted by Gasteiger charge is -2.47. The molecule has 3 aromatic rings. The zero-order chi connectivity index (χ0) is 134. The van der Waals surface area contributed by atoms with E-state index >= 15 is 0 Å². The summed E-state index contributed by atoms with van der Waals surface area (Å²) >= 11 is 0. The maximum absolute atomic E-state index is 14.0. The molecule has 15 atom stereocenters. The van der Waals surface area contributed by atoms with Crippen LogP contribution in [0.1, 0.15) is 279 Å². The molecule has 18 nitrogen and oxygen atoms in total. The summed E-state index contributed by atoms with van der Waals surface area (Å²) in [5, 5.41) is 0. The number of esters is 3. The molecule has 0 saturated carbocycles. The molecule has 0 aromatic heterocycles. The van der Waals surface area contributed by atoms with Crippen molar-refractivity contribution in [3.8, 4) is 34.5 Å². The predicted molar refractivity (Wildman–Crippen MR) is 353 cm³/mol. The van der Waals surface area contributed by atoms with Crippen molar-refractivity contribution < 1.29 is 164 Å².